The van der Waals surface area contributed by atoms with Gasteiger partial charge in [-0.05, 0) is 25.7 Å². The molecule has 0 aromatic heterocycles. The van der Waals surface area contributed by atoms with Gasteiger partial charge in [-0.15, -0.1) is 0 Å². The molecular formula is C10H17ClO2. The minimum Gasteiger partial charge on any atom is -0.446 e. The molecule has 0 aromatic carbocycles. The highest BCUT2D eigenvalue weighted by Crippen LogP contribution is 2.26. The summed E-state index contributed by atoms with van der Waals surface area (Å²) in [4.78, 5) is 11.2. The Kier molecular flexibility index (Phi) is 4.57. The molecule has 1 atom stereocenters. The van der Waals surface area contributed by atoms with Crippen LogP contribution in [-0.4, -0.2) is 11.5 Å². The minimum atomic E-state index is -0.490. The van der Waals surface area contributed by atoms with E-state index in [9.17, 15) is 4.79 Å². The summed E-state index contributed by atoms with van der Waals surface area (Å²) < 4.78 is 4.88. The van der Waals surface area contributed by atoms with Crippen LogP contribution in [0.2, 0.25) is 0 Å². The van der Waals surface area contributed by atoms with E-state index >= 15 is 0 Å². The number of ether oxygens (including phenoxy) is 1. The second-order valence-electron chi connectivity index (χ2n) is 3.74. The molecule has 0 N–H and O–H groups in total. The highest BCUT2D eigenvalue weighted by Gasteiger charge is 2.18. The van der Waals surface area contributed by atoms with Gasteiger partial charge in [0.15, 0.2) is 5.56 Å². The van der Waals surface area contributed by atoms with Crippen molar-refractivity contribution in [1.82, 2.24) is 0 Å². The molecule has 0 amide bonds. The van der Waals surface area contributed by atoms with Crippen LogP contribution >= 0.6 is 11.6 Å². The zero-order valence-electron chi connectivity index (χ0n) is 8.09. The van der Waals surface area contributed by atoms with Crippen molar-refractivity contribution in [2.24, 2.45) is 5.92 Å². The monoisotopic (exact) mass is 204 g/mol. The molecule has 1 rings (SSSR count). The second-order valence-corrected chi connectivity index (χ2v) is 4.36. The number of hydrogen-bond donors (Lipinski definition) is 0. The average molecular weight is 205 g/mol. The van der Waals surface area contributed by atoms with Crippen LogP contribution in [0.4, 0.5) is 0 Å². The molecule has 0 bridgehead atoms. The van der Waals surface area contributed by atoms with Gasteiger partial charge in [-0.25, -0.2) is 0 Å². The van der Waals surface area contributed by atoms with Crippen LogP contribution < -0.4 is 0 Å². The van der Waals surface area contributed by atoms with Gasteiger partial charge < -0.3 is 4.74 Å². The van der Waals surface area contributed by atoms with E-state index in [-0.39, 0.29) is 5.97 Å². The molecule has 1 saturated carbocycles. The number of hydrogen-bond acceptors (Lipinski definition) is 2. The van der Waals surface area contributed by atoms with E-state index in [1.54, 1.807) is 6.92 Å². The van der Waals surface area contributed by atoms with E-state index in [1.165, 1.54) is 32.1 Å². The summed E-state index contributed by atoms with van der Waals surface area (Å²) in [5, 5.41) is 0. The first kappa shape index (κ1) is 10.8. The van der Waals surface area contributed by atoms with Crippen LogP contribution in [0.25, 0.3) is 0 Å². The summed E-state index contributed by atoms with van der Waals surface area (Å²) >= 11 is 5.55. The van der Waals surface area contributed by atoms with Crippen LogP contribution in [-0.2, 0) is 9.53 Å². The fourth-order valence-electron chi connectivity index (χ4n) is 1.86. The molecule has 1 fully saturated rings. The van der Waals surface area contributed by atoms with Crippen LogP contribution in [0.1, 0.15) is 45.4 Å². The molecule has 1 aliphatic rings. The lowest BCUT2D eigenvalue weighted by Gasteiger charge is -2.20. The van der Waals surface area contributed by atoms with Crippen molar-refractivity contribution >= 4 is 17.6 Å². The summed E-state index contributed by atoms with van der Waals surface area (Å²) in [7, 11) is 0. The molecule has 1 unspecified atom stereocenters. The van der Waals surface area contributed by atoms with E-state index in [2.05, 4.69) is 0 Å². The summed E-state index contributed by atoms with van der Waals surface area (Å²) in [6.07, 6.45) is 6.73. The lowest BCUT2D eigenvalue weighted by atomic mass is 9.87. The fraction of sp³-hybridized carbons (Fsp3) is 0.900. The fourth-order valence-corrected chi connectivity index (χ4v) is 1.96. The number of alkyl halides is 1. The molecule has 0 radical (unpaired) electrons. The minimum absolute atomic E-state index is 0.144. The molecule has 2 nitrogen and oxygen atoms in total. The zero-order valence-corrected chi connectivity index (χ0v) is 8.85. The van der Waals surface area contributed by atoms with Gasteiger partial charge in [-0.3, -0.25) is 4.79 Å². The largest absolute Gasteiger partial charge is 0.446 e. The average Bonchev–Trinajstić information content (AvgIpc) is 2.04. The summed E-state index contributed by atoms with van der Waals surface area (Å²) in [5.41, 5.74) is -0.490. The highest BCUT2D eigenvalue weighted by molar-refractivity contribution is 6.19. The third-order valence-corrected chi connectivity index (χ3v) is 2.56. The van der Waals surface area contributed by atoms with Crippen molar-refractivity contribution in [3.8, 4) is 0 Å². The maximum atomic E-state index is 11.2. The number of carbonyl (C=O) groups excluding carboxylic acids is 1. The first-order valence-electron chi connectivity index (χ1n) is 5.02. The van der Waals surface area contributed by atoms with Crippen molar-refractivity contribution in [3.63, 3.8) is 0 Å². The molecule has 0 aliphatic heterocycles. The van der Waals surface area contributed by atoms with Crippen molar-refractivity contribution in [1.29, 1.82) is 0 Å². The smallest absolute Gasteiger partial charge is 0.307 e. The Labute approximate surface area is 84.6 Å². The van der Waals surface area contributed by atoms with Gasteiger partial charge in [-0.2, -0.15) is 0 Å². The van der Waals surface area contributed by atoms with E-state index < -0.39 is 5.56 Å². The quantitative estimate of drug-likeness (QED) is 0.522. The van der Waals surface area contributed by atoms with E-state index in [4.69, 9.17) is 16.3 Å². The number of carbonyl (C=O) groups is 1. The predicted octanol–water partition coefficient (Wildman–Crippen LogP) is 3.08. The Balaban J connectivity index is 2.18. The lowest BCUT2D eigenvalue weighted by molar-refractivity contribution is -0.146. The first-order chi connectivity index (χ1) is 6.18. The van der Waals surface area contributed by atoms with Crippen LogP contribution in [0.15, 0.2) is 0 Å². The first-order valence-corrected chi connectivity index (χ1v) is 5.45. The topological polar surface area (TPSA) is 26.3 Å². The molecule has 0 saturated heterocycles. The molecule has 0 aromatic rings. The van der Waals surface area contributed by atoms with Crippen LogP contribution in [0, 0.1) is 5.92 Å². The van der Waals surface area contributed by atoms with Crippen molar-refractivity contribution in [3.05, 3.63) is 0 Å². The Morgan fingerprint density at radius 3 is 2.62 bits per heavy atom. The van der Waals surface area contributed by atoms with Gasteiger partial charge in [-0.1, -0.05) is 30.9 Å². The normalized spacial score (nSPS) is 21.1. The van der Waals surface area contributed by atoms with Gasteiger partial charge in [0, 0.05) is 6.42 Å². The summed E-state index contributed by atoms with van der Waals surface area (Å²) in [6.45, 7) is 1.67. The standard InChI is InChI=1S/C10H17ClO2/c1-8(11)13-10(12)7-9-5-3-2-4-6-9/h8-9H,2-7H2,1H3. The Bertz CT molecular complexity index is 162. The third-order valence-electron chi connectivity index (χ3n) is 2.47. The molecule has 1 aliphatic carbocycles. The third kappa shape index (κ3) is 4.51. The van der Waals surface area contributed by atoms with Crippen molar-refractivity contribution < 1.29 is 9.53 Å². The maximum Gasteiger partial charge on any atom is 0.307 e. The van der Waals surface area contributed by atoms with Gasteiger partial charge in [0.1, 0.15) is 0 Å². The summed E-state index contributed by atoms with van der Waals surface area (Å²) in [5.74, 6) is 0.395. The number of esters is 1. The van der Waals surface area contributed by atoms with Gasteiger partial charge in [0.2, 0.25) is 0 Å². The number of rotatable bonds is 3. The Morgan fingerprint density at radius 2 is 2.08 bits per heavy atom. The predicted molar refractivity (Wildman–Crippen MR) is 52.6 cm³/mol. The summed E-state index contributed by atoms with van der Waals surface area (Å²) in [6, 6.07) is 0. The molecule has 3 heteroatoms. The Morgan fingerprint density at radius 1 is 1.46 bits per heavy atom. The van der Waals surface area contributed by atoms with Gasteiger partial charge in [0.25, 0.3) is 0 Å². The van der Waals surface area contributed by atoms with Crippen LogP contribution in [0.5, 0.6) is 0 Å². The molecule has 76 valence electrons. The van der Waals surface area contributed by atoms with Gasteiger partial charge >= 0.3 is 5.97 Å². The highest BCUT2D eigenvalue weighted by atomic mass is 35.5. The zero-order chi connectivity index (χ0) is 9.68. The van der Waals surface area contributed by atoms with Crippen molar-refractivity contribution in [2.75, 3.05) is 0 Å². The van der Waals surface area contributed by atoms with E-state index in [0.717, 1.165) is 0 Å². The molecule has 0 heterocycles. The molecular weight excluding hydrogens is 188 g/mol. The molecule has 0 spiro atoms. The lowest BCUT2D eigenvalue weighted by Crippen LogP contribution is -2.16. The Hall–Kier alpha value is -0.240. The van der Waals surface area contributed by atoms with Gasteiger partial charge in [0.05, 0.1) is 0 Å². The second kappa shape index (κ2) is 5.48. The van der Waals surface area contributed by atoms with E-state index in [1.807, 2.05) is 0 Å². The number of halogens is 1. The van der Waals surface area contributed by atoms with E-state index in [0.29, 0.717) is 12.3 Å². The molecule has 13 heavy (non-hydrogen) atoms. The maximum absolute atomic E-state index is 11.2. The van der Waals surface area contributed by atoms with Crippen molar-refractivity contribution in [2.45, 2.75) is 51.0 Å². The van der Waals surface area contributed by atoms with Crippen LogP contribution in [0.3, 0.4) is 0 Å². The SMILES string of the molecule is CC(Cl)OC(=O)CC1CCCCC1.